The topological polar surface area (TPSA) is 85.5 Å². The summed E-state index contributed by atoms with van der Waals surface area (Å²) < 4.78 is 4.72. The highest BCUT2D eigenvalue weighted by molar-refractivity contribution is 5.98. The van der Waals surface area contributed by atoms with Crippen molar-refractivity contribution in [3.63, 3.8) is 0 Å². The van der Waals surface area contributed by atoms with E-state index in [2.05, 4.69) is 4.98 Å². The fraction of sp³-hybridized carbons (Fsp3) is 0.462. The summed E-state index contributed by atoms with van der Waals surface area (Å²) in [6.45, 7) is 1.07. The first-order valence-corrected chi connectivity index (χ1v) is 6.21. The lowest BCUT2D eigenvalue weighted by Crippen LogP contribution is -2.40. The summed E-state index contributed by atoms with van der Waals surface area (Å²) in [7, 11) is 1.39. The summed E-state index contributed by atoms with van der Waals surface area (Å²) in [5.74, 6) is -0.204. The van der Waals surface area contributed by atoms with Crippen LogP contribution in [0.4, 0.5) is 5.82 Å². The minimum atomic E-state index is -0.201. The highest BCUT2D eigenvalue weighted by atomic mass is 16.5. The van der Waals surface area contributed by atoms with E-state index in [0.29, 0.717) is 31.5 Å². The van der Waals surface area contributed by atoms with Crippen molar-refractivity contribution < 1.29 is 14.3 Å². The molecule has 2 N–H and O–H groups in total. The second-order valence-corrected chi connectivity index (χ2v) is 4.53. The predicted molar refractivity (Wildman–Crippen MR) is 69.3 cm³/mol. The van der Waals surface area contributed by atoms with Gasteiger partial charge in [-0.25, -0.2) is 4.98 Å². The number of pyridine rings is 1. The van der Waals surface area contributed by atoms with Gasteiger partial charge in [0.15, 0.2) is 0 Å². The number of likely N-dealkylation sites (tertiary alicyclic amines) is 1. The molecule has 0 bridgehead atoms. The van der Waals surface area contributed by atoms with Crippen molar-refractivity contribution >= 4 is 17.7 Å². The van der Waals surface area contributed by atoms with Crippen LogP contribution in [0.2, 0.25) is 0 Å². The molecule has 0 unspecified atom stereocenters. The van der Waals surface area contributed by atoms with Crippen LogP contribution in [0, 0.1) is 5.92 Å². The molecule has 1 aromatic heterocycles. The van der Waals surface area contributed by atoms with Crippen LogP contribution in [-0.2, 0) is 9.53 Å². The molecule has 0 aliphatic carbocycles. The zero-order valence-electron chi connectivity index (χ0n) is 10.8. The molecule has 0 saturated carbocycles. The lowest BCUT2D eigenvalue weighted by Gasteiger charge is -2.30. The number of methoxy groups -OCH3 is 1. The Morgan fingerprint density at radius 3 is 2.68 bits per heavy atom. The van der Waals surface area contributed by atoms with Gasteiger partial charge >= 0.3 is 5.97 Å². The number of rotatable bonds is 2. The van der Waals surface area contributed by atoms with E-state index in [1.54, 1.807) is 23.2 Å². The number of anilines is 1. The number of carbonyl (C=O) groups is 2. The molecule has 1 aliphatic rings. The molecule has 2 rings (SSSR count). The number of hydrogen-bond donors (Lipinski definition) is 1. The maximum Gasteiger partial charge on any atom is 0.308 e. The SMILES string of the molecule is COC(=O)C1CCN(C(=O)c2cccnc2N)CC1. The molecule has 1 aromatic rings. The third-order valence-electron chi connectivity index (χ3n) is 3.39. The Kier molecular flexibility index (Phi) is 3.99. The Morgan fingerprint density at radius 1 is 1.42 bits per heavy atom. The van der Waals surface area contributed by atoms with Crippen LogP contribution in [-0.4, -0.2) is 42.0 Å². The van der Waals surface area contributed by atoms with Gasteiger partial charge in [0.2, 0.25) is 0 Å². The van der Waals surface area contributed by atoms with Crippen LogP contribution >= 0.6 is 0 Å². The Morgan fingerprint density at radius 2 is 2.11 bits per heavy atom. The monoisotopic (exact) mass is 263 g/mol. The van der Waals surface area contributed by atoms with Crippen molar-refractivity contribution in [1.82, 2.24) is 9.88 Å². The van der Waals surface area contributed by atoms with Crippen LogP contribution in [0.25, 0.3) is 0 Å². The van der Waals surface area contributed by atoms with Crippen LogP contribution in [0.3, 0.4) is 0 Å². The van der Waals surface area contributed by atoms with Gasteiger partial charge in [-0.1, -0.05) is 0 Å². The molecule has 6 nitrogen and oxygen atoms in total. The van der Waals surface area contributed by atoms with Crippen LogP contribution in [0.5, 0.6) is 0 Å². The third-order valence-corrected chi connectivity index (χ3v) is 3.39. The van der Waals surface area contributed by atoms with Crippen molar-refractivity contribution in [3.05, 3.63) is 23.9 Å². The largest absolute Gasteiger partial charge is 0.469 e. The number of aromatic nitrogens is 1. The first-order chi connectivity index (χ1) is 9.13. The second kappa shape index (κ2) is 5.69. The molecule has 1 saturated heterocycles. The van der Waals surface area contributed by atoms with Gasteiger partial charge in [-0.3, -0.25) is 9.59 Å². The summed E-state index contributed by atoms with van der Waals surface area (Å²) in [4.78, 5) is 29.3. The number of amides is 1. The summed E-state index contributed by atoms with van der Waals surface area (Å²) in [6.07, 6.45) is 2.80. The smallest absolute Gasteiger partial charge is 0.308 e. The van der Waals surface area contributed by atoms with E-state index in [0.717, 1.165) is 0 Å². The number of nitrogens with zero attached hydrogens (tertiary/aromatic N) is 2. The van der Waals surface area contributed by atoms with E-state index in [1.807, 2.05) is 0 Å². The number of nitrogens with two attached hydrogens (primary N) is 1. The fourth-order valence-electron chi connectivity index (χ4n) is 2.25. The quantitative estimate of drug-likeness (QED) is 0.793. The van der Waals surface area contributed by atoms with Crippen molar-refractivity contribution in [2.24, 2.45) is 5.92 Å². The van der Waals surface area contributed by atoms with E-state index >= 15 is 0 Å². The summed E-state index contributed by atoms with van der Waals surface area (Å²) in [5.41, 5.74) is 6.11. The van der Waals surface area contributed by atoms with Crippen LogP contribution < -0.4 is 5.73 Å². The average Bonchev–Trinajstić information content (AvgIpc) is 2.46. The van der Waals surface area contributed by atoms with Gasteiger partial charge < -0.3 is 15.4 Å². The molecule has 0 radical (unpaired) electrons. The minimum absolute atomic E-state index is 0.111. The normalized spacial score (nSPS) is 16.2. The zero-order chi connectivity index (χ0) is 13.8. The van der Waals surface area contributed by atoms with Crippen LogP contribution in [0.1, 0.15) is 23.2 Å². The molecule has 1 fully saturated rings. The molecule has 6 heteroatoms. The lowest BCUT2D eigenvalue weighted by atomic mass is 9.96. The number of carbonyl (C=O) groups excluding carboxylic acids is 2. The highest BCUT2D eigenvalue weighted by Gasteiger charge is 2.28. The van der Waals surface area contributed by atoms with Crippen molar-refractivity contribution in [2.75, 3.05) is 25.9 Å². The Hall–Kier alpha value is -2.11. The molecule has 2 heterocycles. The fourth-order valence-corrected chi connectivity index (χ4v) is 2.25. The van der Waals surface area contributed by atoms with E-state index in [9.17, 15) is 9.59 Å². The Bertz CT molecular complexity index is 482. The van der Waals surface area contributed by atoms with Crippen molar-refractivity contribution in [3.8, 4) is 0 Å². The lowest BCUT2D eigenvalue weighted by molar-refractivity contribution is -0.146. The molecule has 1 aliphatic heterocycles. The molecule has 19 heavy (non-hydrogen) atoms. The number of nitrogen functional groups attached to an aromatic ring is 1. The molecular formula is C13H17N3O3. The van der Waals surface area contributed by atoms with Gasteiger partial charge in [0.1, 0.15) is 5.82 Å². The molecule has 1 amide bonds. The second-order valence-electron chi connectivity index (χ2n) is 4.53. The predicted octanol–water partition coefficient (Wildman–Crippen LogP) is 0.689. The minimum Gasteiger partial charge on any atom is -0.469 e. The number of esters is 1. The maximum absolute atomic E-state index is 12.3. The van der Waals surface area contributed by atoms with Gasteiger partial charge in [-0.15, -0.1) is 0 Å². The van der Waals surface area contributed by atoms with E-state index in [-0.39, 0.29) is 23.6 Å². The molecule has 0 aromatic carbocycles. The zero-order valence-corrected chi connectivity index (χ0v) is 10.8. The summed E-state index contributed by atoms with van der Waals surface area (Å²) in [6, 6.07) is 3.35. The Labute approximate surface area is 111 Å². The van der Waals surface area contributed by atoms with Gasteiger partial charge in [-0.05, 0) is 25.0 Å². The number of ether oxygens (including phenoxy) is 1. The molecule has 0 atom stereocenters. The van der Waals surface area contributed by atoms with Crippen LogP contribution in [0.15, 0.2) is 18.3 Å². The first-order valence-electron chi connectivity index (χ1n) is 6.21. The number of hydrogen-bond acceptors (Lipinski definition) is 5. The number of piperidine rings is 1. The first kappa shape index (κ1) is 13.3. The average molecular weight is 263 g/mol. The molecule has 102 valence electrons. The van der Waals surface area contributed by atoms with Gasteiger partial charge in [0, 0.05) is 19.3 Å². The Balaban J connectivity index is 2.00. The summed E-state index contributed by atoms with van der Waals surface area (Å²) >= 11 is 0. The van der Waals surface area contributed by atoms with Crippen molar-refractivity contribution in [2.45, 2.75) is 12.8 Å². The van der Waals surface area contributed by atoms with Gasteiger partial charge in [0.05, 0.1) is 18.6 Å². The van der Waals surface area contributed by atoms with E-state index in [4.69, 9.17) is 10.5 Å². The van der Waals surface area contributed by atoms with E-state index < -0.39 is 0 Å². The van der Waals surface area contributed by atoms with Gasteiger partial charge in [-0.2, -0.15) is 0 Å². The van der Waals surface area contributed by atoms with E-state index in [1.165, 1.54) is 7.11 Å². The molecular weight excluding hydrogens is 246 g/mol. The summed E-state index contributed by atoms with van der Waals surface area (Å²) in [5, 5.41) is 0. The molecule has 0 spiro atoms. The maximum atomic E-state index is 12.3. The van der Waals surface area contributed by atoms with Gasteiger partial charge in [0.25, 0.3) is 5.91 Å². The standard InChI is InChI=1S/C13H17N3O3/c1-19-13(18)9-4-7-16(8-5-9)12(17)10-3-2-6-15-11(10)14/h2-3,6,9H,4-5,7-8H2,1H3,(H2,14,15). The van der Waals surface area contributed by atoms with Crippen molar-refractivity contribution in [1.29, 1.82) is 0 Å². The highest BCUT2D eigenvalue weighted by Crippen LogP contribution is 2.21. The third kappa shape index (κ3) is 2.83.